The maximum atomic E-state index is 6.26. The SMILES string of the molecule is CC(CCc1ccccc1)NC(C)c1ccc(Cl)cc1Cl. The van der Waals surface area contributed by atoms with Crippen molar-refractivity contribution in [3.63, 3.8) is 0 Å². The van der Waals surface area contributed by atoms with E-state index in [4.69, 9.17) is 23.2 Å². The summed E-state index contributed by atoms with van der Waals surface area (Å²) in [6, 6.07) is 16.9. The van der Waals surface area contributed by atoms with Gasteiger partial charge < -0.3 is 5.32 Å². The van der Waals surface area contributed by atoms with Crippen molar-refractivity contribution in [1.82, 2.24) is 5.32 Å². The van der Waals surface area contributed by atoms with Gasteiger partial charge in [-0.15, -0.1) is 0 Å². The van der Waals surface area contributed by atoms with Gasteiger partial charge in [0.25, 0.3) is 0 Å². The molecule has 2 aromatic carbocycles. The minimum atomic E-state index is 0.209. The van der Waals surface area contributed by atoms with Crippen LogP contribution in [0.1, 0.15) is 37.4 Å². The quantitative estimate of drug-likeness (QED) is 0.723. The van der Waals surface area contributed by atoms with Crippen molar-refractivity contribution < 1.29 is 0 Å². The molecule has 3 heteroatoms. The normalized spacial score (nSPS) is 13.9. The summed E-state index contributed by atoms with van der Waals surface area (Å²) in [6.07, 6.45) is 2.18. The topological polar surface area (TPSA) is 12.0 Å². The summed E-state index contributed by atoms with van der Waals surface area (Å²) in [4.78, 5) is 0. The van der Waals surface area contributed by atoms with Crippen LogP contribution in [-0.4, -0.2) is 6.04 Å². The minimum absolute atomic E-state index is 0.209. The first-order valence-corrected chi connectivity index (χ1v) is 8.07. The summed E-state index contributed by atoms with van der Waals surface area (Å²) in [5.74, 6) is 0. The molecular formula is C18H21Cl2N. The fraction of sp³-hybridized carbons (Fsp3) is 0.333. The highest BCUT2D eigenvalue weighted by atomic mass is 35.5. The van der Waals surface area contributed by atoms with Gasteiger partial charge in [-0.1, -0.05) is 59.6 Å². The predicted octanol–water partition coefficient (Wildman–Crippen LogP) is 5.67. The van der Waals surface area contributed by atoms with Crippen LogP contribution in [0.5, 0.6) is 0 Å². The van der Waals surface area contributed by atoms with E-state index >= 15 is 0 Å². The molecule has 2 atom stereocenters. The number of rotatable bonds is 6. The van der Waals surface area contributed by atoms with Crippen LogP contribution in [0.2, 0.25) is 10.0 Å². The molecule has 2 unspecified atom stereocenters. The molecule has 0 heterocycles. The molecule has 1 N–H and O–H groups in total. The average molecular weight is 322 g/mol. The Hall–Kier alpha value is -1.02. The molecule has 0 aromatic heterocycles. The third-order valence-corrected chi connectivity index (χ3v) is 4.23. The first kappa shape index (κ1) is 16.4. The Morgan fingerprint density at radius 2 is 1.71 bits per heavy atom. The van der Waals surface area contributed by atoms with Gasteiger partial charge in [0.2, 0.25) is 0 Å². The second-order valence-electron chi connectivity index (χ2n) is 5.48. The lowest BCUT2D eigenvalue weighted by molar-refractivity contribution is 0.456. The standard InChI is InChI=1S/C18H21Cl2N/c1-13(8-9-15-6-4-3-5-7-15)21-14(2)17-11-10-16(19)12-18(17)20/h3-7,10-14,21H,8-9H2,1-2H3. The Labute approximate surface area is 137 Å². The van der Waals surface area contributed by atoms with Crippen LogP contribution in [0.25, 0.3) is 0 Å². The van der Waals surface area contributed by atoms with Crippen LogP contribution >= 0.6 is 23.2 Å². The Balaban J connectivity index is 1.88. The third-order valence-electron chi connectivity index (χ3n) is 3.67. The predicted molar refractivity (Wildman–Crippen MR) is 92.2 cm³/mol. The number of hydrogen-bond acceptors (Lipinski definition) is 1. The molecule has 0 aliphatic carbocycles. The van der Waals surface area contributed by atoms with Crippen LogP contribution < -0.4 is 5.32 Å². The highest BCUT2D eigenvalue weighted by Gasteiger charge is 2.12. The van der Waals surface area contributed by atoms with Gasteiger partial charge in [0.15, 0.2) is 0 Å². The number of aryl methyl sites for hydroxylation is 1. The van der Waals surface area contributed by atoms with Gasteiger partial charge in [-0.25, -0.2) is 0 Å². The molecule has 21 heavy (non-hydrogen) atoms. The second-order valence-corrected chi connectivity index (χ2v) is 6.32. The first-order chi connectivity index (χ1) is 10.1. The van der Waals surface area contributed by atoms with Crippen molar-refractivity contribution in [3.05, 3.63) is 69.7 Å². The maximum absolute atomic E-state index is 6.26. The zero-order chi connectivity index (χ0) is 15.2. The molecular weight excluding hydrogens is 301 g/mol. The van der Waals surface area contributed by atoms with Gasteiger partial charge in [-0.2, -0.15) is 0 Å². The maximum Gasteiger partial charge on any atom is 0.0468 e. The van der Waals surface area contributed by atoms with Gasteiger partial charge >= 0.3 is 0 Å². The molecule has 0 amide bonds. The highest BCUT2D eigenvalue weighted by molar-refractivity contribution is 6.35. The van der Waals surface area contributed by atoms with Crippen molar-refractivity contribution in [3.8, 4) is 0 Å². The van der Waals surface area contributed by atoms with E-state index in [1.807, 2.05) is 12.1 Å². The van der Waals surface area contributed by atoms with Crippen LogP contribution in [0.15, 0.2) is 48.5 Å². The number of nitrogens with one attached hydrogen (secondary N) is 1. The van der Waals surface area contributed by atoms with Crippen LogP contribution in [0.4, 0.5) is 0 Å². The van der Waals surface area contributed by atoms with Gasteiger partial charge in [0, 0.05) is 22.1 Å². The zero-order valence-corrected chi connectivity index (χ0v) is 14.0. The van der Waals surface area contributed by atoms with E-state index in [2.05, 4.69) is 49.5 Å². The third kappa shape index (κ3) is 5.03. The average Bonchev–Trinajstić information content (AvgIpc) is 2.46. The fourth-order valence-electron chi connectivity index (χ4n) is 2.48. The molecule has 0 radical (unpaired) electrons. The molecule has 0 aliphatic rings. The highest BCUT2D eigenvalue weighted by Crippen LogP contribution is 2.26. The summed E-state index contributed by atoms with van der Waals surface area (Å²) < 4.78 is 0. The van der Waals surface area contributed by atoms with E-state index in [-0.39, 0.29) is 6.04 Å². The first-order valence-electron chi connectivity index (χ1n) is 7.31. The van der Waals surface area contributed by atoms with Crippen molar-refractivity contribution in [2.24, 2.45) is 0 Å². The van der Waals surface area contributed by atoms with E-state index in [1.54, 1.807) is 6.07 Å². The molecule has 0 saturated carbocycles. The molecule has 1 nitrogen and oxygen atoms in total. The molecule has 2 rings (SSSR count). The van der Waals surface area contributed by atoms with Gasteiger partial charge in [0.1, 0.15) is 0 Å². The number of halogens is 2. The van der Waals surface area contributed by atoms with Crippen LogP contribution in [0, 0.1) is 0 Å². The fourth-order valence-corrected chi connectivity index (χ4v) is 3.05. The summed E-state index contributed by atoms with van der Waals surface area (Å²) in [5.41, 5.74) is 2.47. The Morgan fingerprint density at radius 3 is 2.38 bits per heavy atom. The molecule has 0 aliphatic heterocycles. The van der Waals surface area contributed by atoms with Crippen molar-refractivity contribution in [1.29, 1.82) is 0 Å². The lowest BCUT2D eigenvalue weighted by Gasteiger charge is -2.21. The lowest BCUT2D eigenvalue weighted by Crippen LogP contribution is -2.29. The van der Waals surface area contributed by atoms with Gasteiger partial charge in [-0.3, -0.25) is 0 Å². The van der Waals surface area contributed by atoms with Crippen molar-refractivity contribution in [2.75, 3.05) is 0 Å². The number of hydrogen-bond donors (Lipinski definition) is 1. The second kappa shape index (κ2) is 7.84. The smallest absolute Gasteiger partial charge is 0.0468 e. The Morgan fingerprint density at radius 1 is 1.00 bits per heavy atom. The van der Waals surface area contributed by atoms with E-state index in [9.17, 15) is 0 Å². The number of benzene rings is 2. The van der Waals surface area contributed by atoms with E-state index in [0.717, 1.165) is 23.4 Å². The summed E-state index contributed by atoms with van der Waals surface area (Å²) >= 11 is 12.2. The molecule has 0 saturated heterocycles. The molecule has 112 valence electrons. The molecule has 0 bridgehead atoms. The summed E-state index contributed by atoms with van der Waals surface area (Å²) in [6.45, 7) is 4.34. The minimum Gasteiger partial charge on any atom is -0.308 e. The summed E-state index contributed by atoms with van der Waals surface area (Å²) in [5, 5.41) is 4.99. The van der Waals surface area contributed by atoms with Gasteiger partial charge in [0.05, 0.1) is 0 Å². The zero-order valence-electron chi connectivity index (χ0n) is 12.4. The van der Waals surface area contributed by atoms with Crippen LogP contribution in [0.3, 0.4) is 0 Å². The largest absolute Gasteiger partial charge is 0.308 e. The molecule has 2 aromatic rings. The lowest BCUT2D eigenvalue weighted by atomic mass is 10.0. The van der Waals surface area contributed by atoms with Crippen molar-refractivity contribution >= 4 is 23.2 Å². The molecule has 0 spiro atoms. The monoisotopic (exact) mass is 321 g/mol. The van der Waals surface area contributed by atoms with Crippen molar-refractivity contribution in [2.45, 2.75) is 38.8 Å². The van der Waals surface area contributed by atoms with Crippen LogP contribution in [-0.2, 0) is 6.42 Å². The Kier molecular flexibility index (Phi) is 6.10. The summed E-state index contributed by atoms with van der Waals surface area (Å²) in [7, 11) is 0. The van der Waals surface area contributed by atoms with Gasteiger partial charge in [-0.05, 0) is 49.9 Å². The van der Waals surface area contributed by atoms with E-state index in [0.29, 0.717) is 11.1 Å². The Bertz CT molecular complexity index is 569. The van der Waals surface area contributed by atoms with E-state index < -0.39 is 0 Å². The van der Waals surface area contributed by atoms with E-state index in [1.165, 1.54) is 5.56 Å². The molecule has 0 fully saturated rings.